The number of hydrogen-bond acceptors (Lipinski definition) is 4. The molecule has 0 saturated heterocycles. The second-order valence-electron chi connectivity index (χ2n) is 4.78. The van der Waals surface area contributed by atoms with E-state index in [-0.39, 0.29) is 20.7 Å². The fourth-order valence-electron chi connectivity index (χ4n) is 2.30. The van der Waals surface area contributed by atoms with Crippen molar-refractivity contribution in [3.8, 4) is 23.0 Å². The molecule has 0 aliphatic carbocycles. The summed E-state index contributed by atoms with van der Waals surface area (Å²) in [5, 5.41) is 9.96. The molecule has 0 aromatic heterocycles. The number of hydrogen-bond donors (Lipinski definition) is 1. The summed E-state index contributed by atoms with van der Waals surface area (Å²) in [4.78, 5) is 0. The van der Waals surface area contributed by atoms with Crippen molar-refractivity contribution in [1.82, 2.24) is 0 Å². The van der Waals surface area contributed by atoms with Crippen LogP contribution < -0.4 is 18.7 Å². The fourth-order valence-corrected chi connectivity index (χ4v) is 3.59. The number of aromatic hydroxyl groups is 1. The Balaban J connectivity index is 2.49. The van der Waals surface area contributed by atoms with Gasteiger partial charge in [-0.2, -0.15) is 0 Å². The number of rotatable bonds is 6. The number of phenolic OH excluding ortho intramolecular Hbond substituents is 1. The van der Waals surface area contributed by atoms with E-state index >= 15 is 0 Å². The molecular formula is C18H20O4Se. The summed E-state index contributed by atoms with van der Waals surface area (Å²) >= 11 is 0.247. The Morgan fingerprint density at radius 2 is 1.65 bits per heavy atom. The van der Waals surface area contributed by atoms with E-state index in [1.54, 1.807) is 26.4 Å². The van der Waals surface area contributed by atoms with Gasteiger partial charge in [-0.05, 0) is 0 Å². The molecule has 122 valence electrons. The van der Waals surface area contributed by atoms with Crippen molar-refractivity contribution in [2.75, 3.05) is 21.3 Å². The zero-order valence-corrected chi connectivity index (χ0v) is 15.4. The molecule has 0 amide bonds. The third-order valence-corrected chi connectivity index (χ3v) is 5.10. The molecule has 0 fully saturated rings. The molecule has 0 heterocycles. The molecular weight excluding hydrogens is 359 g/mol. The van der Waals surface area contributed by atoms with Crippen molar-refractivity contribution >= 4 is 25.0 Å². The topological polar surface area (TPSA) is 47.9 Å². The average molecular weight is 379 g/mol. The summed E-state index contributed by atoms with van der Waals surface area (Å²) in [5.41, 5.74) is 2.56. The van der Waals surface area contributed by atoms with Crippen molar-refractivity contribution in [1.29, 1.82) is 0 Å². The minimum absolute atomic E-state index is 0.0894. The third-order valence-electron chi connectivity index (χ3n) is 3.54. The Morgan fingerprint density at radius 3 is 2.17 bits per heavy atom. The molecule has 23 heavy (non-hydrogen) atoms. The first-order chi connectivity index (χ1) is 11.0. The molecule has 0 radical (unpaired) electrons. The van der Waals surface area contributed by atoms with E-state index in [4.69, 9.17) is 14.2 Å². The van der Waals surface area contributed by atoms with Gasteiger partial charge in [0.25, 0.3) is 0 Å². The third kappa shape index (κ3) is 3.46. The van der Waals surface area contributed by atoms with Crippen molar-refractivity contribution in [2.45, 2.75) is 5.82 Å². The maximum absolute atomic E-state index is 9.96. The SMILES string of the molecule is C=C(c1ccc(OC)c(O)c1)c1cc(OC)c(OC)c([Se]C)c1. The van der Waals surface area contributed by atoms with Crippen molar-refractivity contribution in [2.24, 2.45) is 0 Å². The summed E-state index contributed by atoms with van der Waals surface area (Å²) in [6, 6.07) is 9.20. The van der Waals surface area contributed by atoms with Gasteiger partial charge in [0, 0.05) is 0 Å². The maximum atomic E-state index is 9.96. The van der Waals surface area contributed by atoms with Crippen molar-refractivity contribution in [3.05, 3.63) is 48.0 Å². The van der Waals surface area contributed by atoms with Crippen LogP contribution in [0.5, 0.6) is 23.0 Å². The summed E-state index contributed by atoms with van der Waals surface area (Å²) < 4.78 is 17.1. The Bertz CT molecular complexity index is 700. The van der Waals surface area contributed by atoms with Gasteiger partial charge in [0.2, 0.25) is 0 Å². The van der Waals surface area contributed by atoms with Crippen LogP contribution in [0.25, 0.3) is 5.57 Å². The number of benzene rings is 2. The molecule has 0 spiro atoms. The van der Waals surface area contributed by atoms with Gasteiger partial charge in [-0.3, -0.25) is 0 Å². The fraction of sp³-hybridized carbons (Fsp3) is 0.222. The second-order valence-corrected chi connectivity index (χ2v) is 6.56. The van der Waals surface area contributed by atoms with Gasteiger partial charge in [0.05, 0.1) is 0 Å². The first kappa shape index (κ1) is 17.3. The van der Waals surface area contributed by atoms with Crippen LogP contribution in [0, 0.1) is 0 Å². The summed E-state index contributed by atoms with van der Waals surface area (Å²) in [5.74, 6) is 4.10. The van der Waals surface area contributed by atoms with Crippen LogP contribution in [0.1, 0.15) is 11.1 Å². The van der Waals surface area contributed by atoms with E-state index in [0.717, 1.165) is 26.9 Å². The molecule has 2 aromatic carbocycles. The van der Waals surface area contributed by atoms with Gasteiger partial charge in [-0.1, -0.05) is 0 Å². The predicted molar refractivity (Wildman–Crippen MR) is 93.6 cm³/mol. The second kappa shape index (κ2) is 7.44. The van der Waals surface area contributed by atoms with E-state index < -0.39 is 0 Å². The van der Waals surface area contributed by atoms with Crippen LogP contribution in [0.4, 0.5) is 0 Å². The first-order valence-electron chi connectivity index (χ1n) is 6.92. The Hall–Kier alpha value is -2.10. The molecule has 5 heteroatoms. The van der Waals surface area contributed by atoms with Crippen LogP contribution in [0.3, 0.4) is 0 Å². The number of phenols is 1. The molecule has 4 nitrogen and oxygen atoms in total. The van der Waals surface area contributed by atoms with E-state index in [0.29, 0.717) is 11.5 Å². The molecule has 0 unspecified atom stereocenters. The van der Waals surface area contributed by atoms with Crippen molar-refractivity contribution < 1.29 is 19.3 Å². The standard InChI is InChI=1S/C18H20O4Se/c1-11(12-6-7-15(20-2)14(19)8-12)13-9-16(21-3)18(22-4)17(10-13)23-5/h6-10,19H,1H2,2-5H3. The molecule has 0 bridgehead atoms. The van der Waals surface area contributed by atoms with Gasteiger partial charge in [0.1, 0.15) is 0 Å². The first-order valence-corrected chi connectivity index (χ1v) is 9.49. The zero-order chi connectivity index (χ0) is 17.0. The molecule has 0 aliphatic rings. The summed E-state index contributed by atoms with van der Waals surface area (Å²) in [6.07, 6.45) is 0. The van der Waals surface area contributed by atoms with Crippen molar-refractivity contribution in [3.63, 3.8) is 0 Å². The average Bonchev–Trinajstić information content (AvgIpc) is 2.59. The van der Waals surface area contributed by atoms with Gasteiger partial charge in [-0.25, -0.2) is 0 Å². The minimum atomic E-state index is 0.0894. The van der Waals surface area contributed by atoms with E-state index in [2.05, 4.69) is 18.5 Å². The quantitative estimate of drug-likeness (QED) is 0.785. The van der Waals surface area contributed by atoms with Crippen LogP contribution >= 0.6 is 0 Å². The van der Waals surface area contributed by atoms with Gasteiger partial charge < -0.3 is 0 Å². The summed E-state index contributed by atoms with van der Waals surface area (Å²) in [7, 11) is 4.78. The monoisotopic (exact) mass is 380 g/mol. The molecule has 1 N–H and O–H groups in total. The Kier molecular flexibility index (Phi) is 5.59. The predicted octanol–water partition coefficient (Wildman–Crippen LogP) is 2.86. The normalized spacial score (nSPS) is 10.3. The molecule has 2 rings (SSSR count). The molecule has 2 aromatic rings. The van der Waals surface area contributed by atoms with Crippen LogP contribution in [0.2, 0.25) is 5.82 Å². The van der Waals surface area contributed by atoms with Crippen LogP contribution in [-0.2, 0) is 0 Å². The summed E-state index contributed by atoms with van der Waals surface area (Å²) in [6.45, 7) is 4.16. The number of ether oxygens (including phenoxy) is 3. The molecule has 0 aliphatic heterocycles. The van der Waals surface area contributed by atoms with Crippen LogP contribution in [0.15, 0.2) is 36.9 Å². The van der Waals surface area contributed by atoms with E-state index in [1.807, 2.05) is 12.1 Å². The number of methoxy groups -OCH3 is 3. The molecule has 0 saturated carbocycles. The molecule has 0 atom stereocenters. The van der Waals surface area contributed by atoms with Gasteiger partial charge in [0.15, 0.2) is 0 Å². The Labute approximate surface area is 142 Å². The Morgan fingerprint density at radius 1 is 0.957 bits per heavy atom. The van der Waals surface area contributed by atoms with Crippen LogP contribution in [-0.4, -0.2) is 41.4 Å². The van der Waals surface area contributed by atoms with E-state index in [1.165, 1.54) is 7.11 Å². The van der Waals surface area contributed by atoms with Gasteiger partial charge in [-0.15, -0.1) is 0 Å². The zero-order valence-electron chi connectivity index (χ0n) is 13.7. The van der Waals surface area contributed by atoms with Gasteiger partial charge >= 0.3 is 142 Å². The van der Waals surface area contributed by atoms with E-state index in [9.17, 15) is 5.11 Å².